The molecule has 2 aliphatic rings. The number of aliphatic carboxylic acids is 1. The molecule has 0 aromatic heterocycles. The van der Waals surface area contributed by atoms with E-state index >= 15 is 0 Å². The Morgan fingerprint density at radius 3 is 2.21 bits per heavy atom. The van der Waals surface area contributed by atoms with Crippen LogP contribution in [0, 0.1) is 17.8 Å². The van der Waals surface area contributed by atoms with Gasteiger partial charge in [-0.15, -0.1) is 0 Å². The summed E-state index contributed by atoms with van der Waals surface area (Å²) in [7, 11) is 0. The van der Waals surface area contributed by atoms with E-state index in [0.717, 1.165) is 31.6 Å². The lowest BCUT2D eigenvalue weighted by Gasteiger charge is -2.30. The van der Waals surface area contributed by atoms with E-state index in [4.69, 9.17) is 0 Å². The van der Waals surface area contributed by atoms with Crippen LogP contribution >= 0.6 is 0 Å². The Bertz CT molecular complexity index is 370. The van der Waals surface area contributed by atoms with Crippen LogP contribution in [0.25, 0.3) is 0 Å². The minimum absolute atomic E-state index is 0.0729. The van der Waals surface area contributed by atoms with E-state index in [1.807, 2.05) is 12.2 Å². The number of hydrogen-bond donors (Lipinski definition) is 2. The number of hydrogen-bond acceptors (Lipinski definition) is 2. The highest BCUT2D eigenvalue weighted by Crippen LogP contribution is 2.28. The van der Waals surface area contributed by atoms with Crippen LogP contribution in [0.1, 0.15) is 45.4 Å². The lowest BCUT2D eigenvalue weighted by atomic mass is 9.81. The normalized spacial score (nSPS) is 34.8. The van der Waals surface area contributed by atoms with Crippen LogP contribution in [0.15, 0.2) is 12.2 Å². The zero-order chi connectivity index (χ0) is 13.8. The third-order valence-electron chi connectivity index (χ3n) is 4.45. The van der Waals surface area contributed by atoms with Gasteiger partial charge in [-0.2, -0.15) is 0 Å². The molecule has 0 aromatic carbocycles. The molecule has 0 radical (unpaired) electrons. The molecule has 2 N–H and O–H groups in total. The van der Waals surface area contributed by atoms with Gasteiger partial charge in [0.05, 0.1) is 11.8 Å². The lowest BCUT2D eigenvalue weighted by Crippen LogP contribution is -2.44. The van der Waals surface area contributed by atoms with E-state index in [1.165, 1.54) is 0 Å². The van der Waals surface area contributed by atoms with Gasteiger partial charge in [-0.3, -0.25) is 9.59 Å². The topological polar surface area (TPSA) is 66.4 Å². The van der Waals surface area contributed by atoms with Gasteiger partial charge in [-0.05, 0) is 44.4 Å². The average Bonchev–Trinajstić information content (AvgIpc) is 2.41. The van der Waals surface area contributed by atoms with Crippen LogP contribution < -0.4 is 5.32 Å². The second-order valence-corrected chi connectivity index (χ2v) is 5.96. The van der Waals surface area contributed by atoms with Gasteiger partial charge in [-0.25, -0.2) is 0 Å². The Morgan fingerprint density at radius 1 is 1.05 bits per heavy atom. The van der Waals surface area contributed by atoms with Crippen molar-refractivity contribution in [2.24, 2.45) is 17.8 Å². The van der Waals surface area contributed by atoms with Crippen molar-refractivity contribution in [2.75, 3.05) is 0 Å². The lowest BCUT2D eigenvalue weighted by molar-refractivity contribution is -0.147. The van der Waals surface area contributed by atoms with Crippen molar-refractivity contribution in [3.8, 4) is 0 Å². The monoisotopic (exact) mass is 265 g/mol. The number of rotatable bonds is 3. The van der Waals surface area contributed by atoms with E-state index in [1.54, 1.807) is 0 Å². The number of allylic oxidation sites excluding steroid dienone is 2. The van der Waals surface area contributed by atoms with E-state index in [0.29, 0.717) is 12.8 Å². The predicted octanol–water partition coefficient (Wildman–Crippen LogP) is 2.35. The average molecular weight is 265 g/mol. The molecule has 2 atom stereocenters. The van der Waals surface area contributed by atoms with Crippen molar-refractivity contribution in [3.05, 3.63) is 12.2 Å². The van der Waals surface area contributed by atoms with Gasteiger partial charge in [0.1, 0.15) is 0 Å². The molecule has 0 aromatic rings. The molecule has 0 heterocycles. The largest absolute Gasteiger partial charge is 0.481 e. The van der Waals surface area contributed by atoms with Gasteiger partial charge in [-0.1, -0.05) is 19.1 Å². The molecule has 0 aliphatic heterocycles. The molecule has 0 bridgehead atoms. The highest BCUT2D eigenvalue weighted by atomic mass is 16.4. The molecule has 4 nitrogen and oxygen atoms in total. The fourth-order valence-electron chi connectivity index (χ4n) is 3.09. The molecule has 106 valence electrons. The molecule has 1 saturated carbocycles. The number of amides is 1. The Kier molecular flexibility index (Phi) is 4.61. The minimum atomic E-state index is -0.859. The summed E-state index contributed by atoms with van der Waals surface area (Å²) >= 11 is 0. The number of nitrogens with one attached hydrogen (secondary N) is 1. The van der Waals surface area contributed by atoms with E-state index in [9.17, 15) is 14.7 Å². The summed E-state index contributed by atoms with van der Waals surface area (Å²) in [4.78, 5) is 23.4. The van der Waals surface area contributed by atoms with Gasteiger partial charge < -0.3 is 10.4 Å². The van der Waals surface area contributed by atoms with Crippen molar-refractivity contribution < 1.29 is 14.7 Å². The second-order valence-electron chi connectivity index (χ2n) is 5.96. The fraction of sp³-hybridized carbons (Fsp3) is 0.733. The summed E-state index contributed by atoms with van der Waals surface area (Å²) in [6.45, 7) is 2.24. The standard InChI is InChI=1S/C15H23NO3/c1-10-6-8-11(9-7-10)16-14(17)12-4-2-3-5-13(12)15(18)19/h2-3,10-13H,4-9H2,1H3,(H,16,17)(H,18,19)/t10?,11?,12-,13-/m0/s1. The Morgan fingerprint density at radius 2 is 1.63 bits per heavy atom. The van der Waals surface area contributed by atoms with Gasteiger partial charge in [0.15, 0.2) is 0 Å². The smallest absolute Gasteiger partial charge is 0.307 e. The van der Waals surface area contributed by atoms with E-state index in [2.05, 4.69) is 12.2 Å². The van der Waals surface area contributed by atoms with Gasteiger partial charge in [0.2, 0.25) is 5.91 Å². The number of carboxylic acid groups (broad SMARTS) is 1. The molecule has 0 saturated heterocycles. The number of carbonyl (C=O) groups is 2. The third-order valence-corrected chi connectivity index (χ3v) is 4.45. The van der Waals surface area contributed by atoms with Crippen LogP contribution in [0.2, 0.25) is 0 Å². The molecule has 19 heavy (non-hydrogen) atoms. The summed E-state index contributed by atoms with van der Waals surface area (Å²) in [6.07, 6.45) is 9.15. The molecule has 0 unspecified atom stereocenters. The molecule has 4 heteroatoms. The fourth-order valence-corrected chi connectivity index (χ4v) is 3.09. The number of carboxylic acids is 1. The highest BCUT2D eigenvalue weighted by Gasteiger charge is 2.35. The first-order valence-electron chi connectivity index (χ1n) is 7.26. The highest BCUT2D eigenvalue weighted by molar-refractivity contribution is 5.85. The van der Waals surface area contributed by atoms with Crippen LogP contribution in [0.3, 0.4) is 0 Å². The summed E-state index contributed by atoms with van der Waals surface area (Å²) in [5, 5.41) is 12.2. The van der Waals surface area contributed by atoms with Gasteiger partial charge >= 0.3 is 5.97 Å². The third kappa shape index (κ3) is 3.58. The van der Waals surface area contributed by atoms with Crippen LogP contribution in [0.4, 0.5) is 0 Å². The maximum Gasteiger partial charge on any atom is 0.307 e. The van der Waals surface area contributed by atoms with Crippen molar-refractivity contribution in [1.29, 1.82) is 0 Å². The van der Waals surface area contributed by atoms with Crippen LogP contribution in [-0.4, -0.2) is 23.0 Å². The first-order valence-corrected chi connectivity index (χ1v) is 7.26. The minimum Gasteiger partial charge on any atom is -0.481 e. The zero-order valence-electron chi connectivity index (χ0n) is 11.5. The van der Waals surface area contributed by atoms with E-state index < -0.39 is 17.8 Å². The summed E-state index contributed by atoms with van der Waals surface area (Å²) in [5.41, 5.74) is 0. The quantitative estimate of drug-likeness (QED) is 0.770. The molecule has 1 amide bonds. The second kappa shape index (κ2) is 6.22. The SMILES string of the molecule is CC1CCC(NC(=O)[C@H]2CC=CC[C@@H]2C(=O)O)CC1. The predicted molar refractivity (Wildman–Crippen MR) is 72.6 cm³/mol. The molecule has 2 aliphatic carbocycles. The first kappa shape index (κ1) is 14.1. The summed E-state index contributed by atoms with van der Waals surface area (Å²) in [6, 6.07) is 0.240. The molecule has 0 spiro atoms. The van der Waals surface area contributed by atoms with Gasteiger partial charge in [0, 0.05) is 6.04 Å². The first-order chi connectivity index (χ1) is 9.08. The molecular formula is C15H23NO3. The van der Waals surface area contributed by atoms with Crippen LogP contribution in [0.5, 0.6) is 0 Å². The summed E-state index contributed by atoms with van der Waals surface area (Å²) in [5.74, 6) is -1.15. The van der Waals surface area contributed by atoms with Crippen molar-refractivity contribution in [3.63, 3.8) is 0 Å². The van der Waals surface area contributed by atoms with Crippen molar-refractivity contribution in [2.45, 2.75) is 51.5 Å². The molecule has 2 rings (SSSR count). The maximum atomic E-state index is 12.3. The molecular weight excluding hydrogens is 242 g/mol. The van der Waals surface area contributed by atoms with Crippen molar-refractivity contribution >= 4 is 11.9 Å². The molecule has 1 fully saturated rings. The Balaban J connectivity index is 1.91. The van der Waals surface area contributed by atoms with Crippen LogP contribution in [-0.2, 0) is 9.59 Å². The Hall–Kier alpha value is -1.32. The number of carbonyl (C=O) groups excluding carboxylic acids is 1. The zero-order valence-corrected chi connectivity index (χ0v) is 11.5. The Labute approximate surface area is 114 Å². The maximum absolute atomic E-state index is 12.3. The summed E-state index contributed by atoms with van der Waals surface area (Å²) < 4.78 is 0. The van der Waals surface area contributed by atoms with Crippen molar-refractivity contribution in [1.82, 2.24) is 5.32 Å². The van der Waals surface area contributed by atoms with E-state index in [-0.39, 0.29) is 11.9 Å². The van der Waals surface area contributed by atoms with Gasteiger partial charge in [0.25, 0.3) is 0 Å².